The first-order chi connectivity index (χ1) is 14.6. The van der Waals surface area contributed by atoms with Crippen molar-refractivity contribution in [2.45, 2.75) is 51.4 Å². The molecule has 3 aliphatic rings. The van der Waals surface area contributed by atoms with Gasteiger partial charge in [0.1, 0.15) is 25.1 Å². The van der Waals surface area contributed by atoms with E-state index in [1.165, 1.54) is 13.0 Å². The van der Waals surface area contributed by atoms with E-state index < -0.39 is 66.0 Å². The van der Waals surface area contributed by atoms with Crippen LogP contribution in [0.4, 0.5) is 0 Å². The molecule has 0 spiro atoms. The molecular formula is C22H28O9. The van der Waals surface area contributed by atoms with Gasteiger partial charge in [-0.3, -0.25) is 4.79 Å². The monoisotopic (exact) mass is 436 g/mol. The molecule has 3 fully saturated rings. The fourth-order valence-electron chi connectivity index (χ4n) is 5.31. The van der Waals surface area contributed by atoms with Gasteiger partial charge in [0.25, 0.3) is 0 Å². The van der Waals surface area contributed by atoms with Gasteiger partial charge in [-0.2, -0.15) is 0 Å². The average Bonchev–Trinajstić information content (AvgIpc) is 3.00. The molecule has 0 amide bonds. The summed E-state index contributed by atoms with van der Waals surface area (Å²) in [5.74, 6) is -3.45. The Kier molecular flexibility index (Phi) is 6.66. The number of aliphatic hydroxyl groups excluding tert-OH is 2. The fraction of sp³-hybridized carbons (Fsp3) is 0.636. The molecular weight excluding hydrogens is 408 g/mol. The quantitative estimate of drug-likeness (QED) is 0.263. The van der Waals surface area contributed by atoms with Crippen molar-refractivity contribution >= 4 is 24.2 Å². The number of ether oxygens (including phenoxy) is 3. The molecule has 2 N–H and O–H groups in total. The second-order valence-electron chi connectivity index (χ2n) is 8.68. The van der Waals surface area contributed by atoms with Crippen molar-refractivity contribution in [3.8, 4) is 0 Å². The lowest BCUT2D eigenvalue weighted by molar-refractivity contribution is -0.194. The van der Waals surface area contributed by atoms with Gasteiger partial charge in [-0.05, 0) is 25.3 Å². The minimum absolute atomic E-state index is 0.101. The van der Waals surface area contributed by atoms with E-state index in [1.807, 2.05) is 6.92 Å². The van der Waals surface area contributed by atoms with Gasteiger partial charge in [-0.1, -0.05) is 13.5 Å². The SMILES string of the molecule is C=C1C(=O)O[C@H]2[C@H]1[C@@H](OC(=O)/C(=C/COC(C)=O)CO)C[C@]1(C)[C@@H]2[C@@H](C=O)CC[C@H]1O. The molecule has 0 aromatic heterocycles. The van der Waals surface area contributed by atoms with E-state index in [1.54, 1.807) is 0 Å². The topological polar surface area (TPSA) is 136 Å². The van der Waals surface area contributed by atoms with Crippen LogP contribution >= 0.6 is 0 Å². The minimum Gasteiger partial charge on any atom is -0.462 e. The molecule has 1 saturated heterocycles. The zero-order valence-electron chi connectivity index (χ0n) is 17.6. The summed E-state index contributed by atoms with van der Waals surface area (Å²) in [7, 11) is 0. The first-order valence-electron chi connectivity index (χ1n) is 10.3. The molecule has 2 aliphatic carbocycles. The lowest BCUT2D eigenvalue weighted by Crippen LogP contribution is -2.60. The highest BCUT2D eigenvalue weighted by Crippen LogP contribution is 2.58. The maximum absolute atomic E-state index is 12.7. The van der Waals surface area contributed by atoms with Gasteiger partial charge in [0.05, 0.1) is 24.2 Å². The van der Waals surface area contributed by atoms with Crippen molar-refractivity contribution < 1.29 is 43.6 Å². The van der Waals surface area contributed by atoms with E-state index in [0.29, 0.717) is 12.8 Å². The van der Waals surface area contributed by atoms with Crippen LogP contribution in [0.2, 0.25) is 0 Å². The van der Waals surface area contributed by atoms with Crippen LogP contribution < -0.4 is 0 Å². The Balaban J connectivity index is 1.89. The summed E-state index contributed by atoms with van der Waals surface area (Å²) in [5, 5.41) is 20.3. The van der Waals surface area contributed by atoms with Crippen LogP contribution in [0.5, 0.6) is 0 Å². The van der Waals surface area contributed by atoms with Crippen molar-refractivity contribution in [3.05, 3.63) is 23.8 Å². The van der Waals surface area contributed by atoms with Crippen LogP contribution in [0, 0.1) is 23.2 Å². The summed E-state index contributed by atoms with van der Waals surface area (Å²) in [6, 6.07) is 0. The summed E-state index contributed by atoms with van der Waals surface area (Å²) in [6.45, 7) is 6.00. The van der Waals surface area contributed by atoms with Gasteiger partial charge in [0.2, 0.25) is 0 Å². The number of carbonyl (C=O) groups is 4. The molecule has 1 heterocycles. The molecule has 0 aromatic rings. The van der Waals surface area contributed by atoms with E-state index in [-0.39, 0.29) is 24.2 Å². The first-order valence-corrected chi connectivity index (χ1v) is 10.3. The van der Waals surface area contributed by atoms with Gasteiger partial charge in [-0.15, -0.1) is 0 Å². The predicted octanol–water partition coefficient (Wildman–Crippen LogP) is 0.474. The lowest BCUT2D eigenvalue weighted by atomic mass is 9.51. The molecule has 0 radical (unpaired) electrons. The lowest BCUT2D eigenvalue weighted by Gasteiger charge is -2.55. The normalized spacial score (nSPS) is 37.4. The van der Waals surface area contributed by atoms with Crippen LogP contribution in [0.25, 0.3) is 0 Å². The summed E-state index contributed by atoms with van der Waals surface area (Å²) >= 11 is 0. The van der Waals surface area contributed by atoms with Gasteiger partial charge in [0.15, 0.2) is 0 Å². The number of rotatable bonds is 6. The molecule has 9 heteroatoms. The highest BCUT2D eigenvalue weighted by atomic mass is 16.6. The molecule has 0 bridgehead atoms. The van der Waals surface area contributed by atoms with Gasteiger partial charge < -0.3 is 29.2 Å². The number of aliphatic hydroxyl groups is 2. The maximum Gasteiger partial charge on any atom is 0.336 e. The molecule has 9 nitrogen and oxygen atoms in total. The van der Waals surface area contributed by atoms with Crippen molar-refractivity contribution in [2.75, 3.05) is 13.2 Å². The highest BCUT2D eigenvalue weighted by Gasteiger charge is 2.63. The molecule has 3 rings (SSSR count). The van der Waals surface area contributed by atoms with Gasteiger partial charge in [-0.25, -0.2) is 9.59 Å². The van der Waals surface area contributed by atoms with Crippen molar-refractivity contribution in [3.63, 3.8) is 0 Å². The number of aldehydes is 1. The summed E-state index contributed by atoms with van der Waals surface area (Å²) in [4.78, 5) is 47.7. The molecule has 7 atom stereocenters. The second-order valence-corrected chi connectivity index (χ2v) is 8.68. The predicted molar refractivity (Wildman–Crippen MR) is 105 cm³/mol. The molecule has 1 aliphatic heterocycles. The molecule has 0 aromatic carbocycles. The smallest absolute Gasteiger partial charge is 0.336 e. The Morgan fingerprint density at radius 3 is 2.68 bits per heavy atom. The van der Waals surface area contributed by atoms with E-state index >= 15 is 0 Å². The number of carbonyl (C=O) groups excluding carboxylic acids is 4. The van der Waals surface area contributed by atoms with E-state index in [9.17, 15) is 29.4 Å². The van der Waals surface area contributed by atoms with Gasteiger partial charge in [0, 0.05) is 29.7 Å². The number of hydrogen-bond donors (Lipinski definition) is 2. The molecule has 2 saturated carbocycles. The second kappa shape index (κ2) is 8.92. The Hall–Kier alpha value is -2.52. The molecule has 31 heavy (non-hydrogen) atoms. The Morgan fingerprint density at radius 2 is 2.06 bits per heavy atom. The van der Waals surface area contributed by atoms with Crippen LogP contribution in [-0.4, -0.2) is 65.9 Å². The van der Waals surface area contributed by atoms with Crippen LogP contribution in [0.3, 0.4) is 0 Å². The highest BCUT2D eigenvalue weighted by molar-refractivity contribution is 5.92. The third-order valence-electron chi connectivity index (χ3n) is 6.90. The minimum atomic E-state index is -0.846. The van der Waals surface area contributed by atoms with Crippen molar-refractivity contribution in [2.24, 2.45) is 23.2 Å². The zero-order valence-corrected chi connectivity index (χ0v) is 17.6. The average molecular weight is 436 g/mol. The first kappa shape index (κ1) is 23.1. The standard InChI is InChI=1S/C22H28O9/c1-11-17-15(30-21(28)14(10-24)6-7-29-12(2)25)8-22(3)16(26)5-4-13(9-23)18(22)19(17)31-20(11)27/h6,9,13,15-19,24,26H,1,4-5,7-8,10H2,2-3H3/b14-6+/t13-,15+,16-,17-,18-,19+,22+/m1/s1. The molecule has 0 unspecified atom stereocenters. The van der Waals surface area contributed by atoms with E-state index in [2.05, 4.69) is 6.58 Å². The Bertz CT molecular complexity index is 816. The summed E-state index contributed by atoms with van der Waals surface area (Å²) in [6.07, 6.45) is 0.829. The number of hydrogen-bond acceptors (Lipinski definition) is 9. The third-order valence-corrected chi connectivity index (χ3v) is 6.90. The maximum atomic E-state index is 12.7. The summed E-state index contributed by atoms with van der Waals surface area (Å²) < 4.78 is 16.0. The fourth-order valence-corrected chi connectivity index (χ4v) is 5.31. The number of esters is 3. The van der Waals surface area contributed by atoms with Gasteiger partial charge >= 0.3 is 17.9 Å². The number of fused-ring (bicyclic) bond motifs is 3. The Morgan fingerprint density at radius 1 is 1.35 bits per heavy atom. The van der Waals surface area contributed by atoms with E-state index in [4.69, 9.17) is 14.2 Å². The zero-order chi connectivity index (χ0) is 22.9. The van der Waals surface area contributed by atoms with Crippen molar-refractivity contribution in [1.29, 1.82) is 0 Å². The van der Waals surface area contributed by atoms with E-state index in [0.717, 1.165) is 6.29 Å². The largest absolute Gasteiger partial charge is 0.462 e. The Labute approximate surface area is 180 Å². The van der Waals surface area contributed by atoms with Crippen LogP contribution in [-0.2, 0) is 33.4 Å². The van der Waals surface area contributed by atoms with Crippen LogP contribution in [0.15, 0.2) is 23.8 Å². The summed E-state index contributed by atoms with van der Waals surface area (Å²) in [5.41, 5.74) is -0.762. The van der Waals surface area contributed by atoms with Crippen molar-refractivity contribution in [1.82, 2.24) is 0 Å². The molecule has 170 valence electrons. The third kappa shape index (κ3) is 4.16. The van der Waals surface area contributed by atoms with Crippen LogP contribution in [0.1, 0.15) is 33.1 Å².